The predicted octanol–water partition coefficient (Wildman–Crippen LogP) is 4.38. The lowest BCUT2D eigenvalue weighted by molar-refractivity contribution is -0.120. The van der Waals surface area contributed by atoms with E-state index in [0.29, 0.717) is 21.7 Å². The number of thioether (sulfide) groups is 1. The molecule has 5 heteroatoms. The number of carbonyl (C=O) groups excluding carboxylic acids is 1. The SMILES string of the molecule is O=C1CCCC1CCSCc1c(Cl)cncc1Cl. The minimum atomic E-state index is 0.292. The maximum atomic E-state index is 11.5. The Morgan fingerprint density at radius 2 is 2.06 bits per heavy atom. The zero-order chi connectivity index (χ0) is 13.0. The lowest BCUT2D eigenvalue weighted by Gasteiger charge is -2.08. The molecule has 0 spiro atoms. The topological polar surface area (TPSA) is 30.0 Å². The number of hydrogen-bond acceptors (Lipinski definition) is 3. The molecular formula is C13H15Cl2NOS. The molecule has 0 bridgehead atoms. The molecule has 1 atom stereocenters. The third-order valence-electron chi connectivity index (χ3n) is 3.24. The van der Waals surface area contributed by atoms with Gasteiger partial charge in [-0.05, 0) is 25.0 Å². The molecule has 1 aliphatic carbocycles. The number of pyridine rings is 1. The third-order valence-corrected chi connectivity index (χ3v) is 4.91. The Hall–Kier alpha value is -0.250. The van der Waals surface area contributed by atoms with Crippen molar-refractivity contribution in [3.05, 3.63) is 28.0 Å². The average Bonchev–Trinajstić information content (AvgIpc) is 2.73. The minimum absolute atomic E-state index is 0.292. The van der Waals surface area contributed by atoms with Crippen LogP contribution in [0.2, 0.25) is 10.0 Å². The van der Waals surface area contributed by atoms with Crippen molar-refractivity contribution >= 4 is 40.7 Å². The lowest BCUT2D eigenvalue weighted by atomic mass is 10.1. The molecule has 1 aromatic rings. The summed E-state index contributed by atoms with van der Waals surface area (Å²) in [4.78, 5) is 15.4. The Morgan fingerprint density at radius 1 is 1.33 bits per heavy atom. The van der Waals surface area contributed by atoms with Crippen LogP contribution in [0.1, 0.15) is 31.2 Å². The molecule has 1 aliphatic rings. The van der Waals surface area contributed by atoms with Gasteiger partial charge >= 0.3 is 0 Å². The van der Waals surface area contributed by atoms with Crippen LogP contribution in [0, 0.1) is 5.92 Å². The van der Waals surface area contributed by atoms with Crippen LogP contribution in [-0.2, 0) is 10.5 Å². The van der Waals surface area contributed by atoms with Gasteiger partial charge in [0.15, 0.2) is 0 Å². The smallest absolute Gasteiger partial charge is 0.136 e. The molecule has 98 valence electrons. The van der Waals surface area contributed by atoms with Crippen molar-refractivity contribution in [2.24, 2.45) is 5.92 Å². The number of ketones is 1. The molecule has 0 N–H and O–H groups in total. The molecule has 0 radical (unpaired) electrons. The van der Waals surface area contributed by atoms with Gasteiger partial charge in [-0.25, -0.2) is 0 Å². The second-order valence-electron chi connectivity index (χ2n) is 4.48. The average molecular weight is 304 g/mol. The Balaban J connectivity index is 1.77. The van der Waals surface area contributed by atoms with Gasteiger partial charge < -0.3 is 0 Å². The van der Waals surface area contributed by atoms with Gasteiger partial charge in [-0.3, -0.25) is 9.78 Å². The van der Waals surface area contributed by atoms with E-state index in [9.17, 15) is 4.79 Å². The van der Waals surface area contributed by atoms with Crippen LogP contribution in [0.3, 0.4) is 0 Å². The van der Waals surface area contributed by atoms with E-state index in [2.05, 4.69) is 4.98 Å². The molecule has 1 saturated carbocycles. The first-order valence-electron chi connectivity index (χ1n) is 6.07. The van der Waals surface area contributed by atoms with Crippen molar-refractivity contribution in [1.29, 1.82) is 0 Å². The van der Waals surface area contributed by atoms with Gasteiger partial charge in [0.25, 0.3) is 0 Å². The van der Waals surface area contributed by atoms with Crippen LogP contribution in [0.15, 0.2) is 12.4 Å². The van der Waals surface area contributed by atoms with E-state index < -0.39 is 0 Å². The summed E-state index contributed by atoms with van der Waals surface area (Å²) in [6, 6.07) is 0. The van der Waals surface area contributed by atoms with Crippen LogP contribution >= 0.6 is 35.0 Å². The maximum Gasteiger partial charge on any atom is 0.136 e. The number of hydrogen-bond donors (Lipinski definition) is 0. The van der Waals surface area contributed by atoms with E-state index in [4.69, 9.17) is 23.2 Å². The first kappa shape index (κ1) is 14.2. The number of carbonyl (C=O) groups is 1. The van der Waals surface area contributed by atoms with Crippen molar-refractivity contribution in [3.63, 3.8) is 0 Å². The first-order valence-corrected chi connectivity index (χ1v) is 7.98. The van der Waals surface area contributed by atoms with Crippen molar-refractivity contribution in [2.45, 2.75) is 31.4 Å². The minimum Gasteiger partial charge on any atom is -0.299 e. The van der Waals surface area contributed by atoms with Crippen LogP contribution in [0.25, 0.3) is 0 Å². The number of aromatic nitrogens is 1. The molecule has 0 aliphatic heterocycles. The Bertz CT molecular complexity index is 419. The molecule has 0 saturated heterocycles. The molecule has 1 fully saturated rings. The summed E-state index contributed by atoms with van der Waals surface area (Å²) in [7, 11) is 0. The highest BCUT2D eigenvalue weighted by Gasteiger charge is 2.23. The van der Waals surface area contributed by atoms with Crippen LogP contribution in [0.4, 0.5) is 0 Å². The Kier molecular flexibility index (Phi) is 5.34. The predicted molar refractivity (Wildman–Crippen MR) is 77.4 cm³/mol. The van der Waals surface area contributed by atoms with Gasteiger partial charge in [0.2, 0.25) is 0 Å². The molecule has 2 rings (SSSR count). The van der Waals surface area contributed by atoms with Crippen molar-refractivity contribution in [2.75, 3.05) is 5.75 Å². The van der Waals surface area contributed by atoms with Gasteiger partial charge in [-0.2, -0.15) is 11.8 Å². The Labute approximate surface area is 121 Å². The summed E-state index contributed by atoms with van der Waals surface area (Å²) in [5.41, 5.74) is 0.941. The van der Waals surface area contributed by atoms with Crippen LogP contribution in [-0.4, -0.2) is 16.5 Å². The van der Waals surface area contributed by atoms with Gasteiger partial charge in [-0.15, -0.1) is 0 Å². The number of rotatable bonds is 5. The fourth-order valence-corrected chi connectivity index (χ4v) is 3.94. The number of nitrogens with zero attached hydrogens (tertiary/aromatic N) is 1. The second kappa shape index (κ2) is 6.78. The molecule has 0 amide bonds. The van der Waals surface area contributed by atoms with E-state index in [-0.39, 0.29) is 0 Å². The van der Waals surface area contributed by atoms with Crippen LogP contribution < -0.4 is 0 Å². The summed E-state index contributed by atoms with van der Waals surface area (Å²) in [6.45, 7) is 0. The summed E-state index contributed by atoms with van der Waals surface area (Å²) in [6.07, 6.45) is 7.11. The van der Waals surface area contributed by atoms with E-state index >= 15 is 0 Å². The van der Waals surface area contributed by atoms with Gasteiger partial charge in [0, 0.05) is 36.0 Å². The largest absolute Gasteiger partial charge is 0.299 e. The highest BCUT2D eigenvalue weighted by molar-refractivity contribution is 7.98. The monoisotopic (exact) mass is 303 g/mol. The third kappa shape index (κ3) is 3.62. The van der Waals surface area contributed by atoms with Gasteiger partial charge in [0.05, 0.1) is 10.0 Å². The quantitative estimate of drug-likeness (QED) is 0.756. The molecule has 1 unspecified atom stereocenters. The van der Waals surface area contributed by atoms with Crippen molar-refractivity contribution in [1.82, 2.24) is 4.98 Å². The zero-order valence-corrected chi connectivity index (χ0v) is 12.3. The normalized spacial score (nSPS) is 19.4. The molecular weight excluding hydrogens is 289 g/mol. The molecule has 18 heavy (non-hydrogen) atoms. The molecule has 0 aromatic carbocycles. The van der Waals surface area contributed by atoms with Gasteiger partial charge in [0.1, 0.15) is 5.78 Å². The second-order valence-corrected chi connectivity index (χ2v) is 6.40. The van der Waals surface area contributed by atoms with Crippen molar-refractivity contribution < 1.29 is 4.79 Å². The summed E-state index contributed by atoms with van der Waals surface area (Å²) < 4.78 is 0. The van der Waals surface area contributed by atoms with Gasteiger partial charge in [-0.1, -0.05) is 23.2 Å². The number of Topliss-reactive ketones (excluding diaryl/α,β-unsaturated/α-hetero) is 1. The zero-order valence-electron chi connectivity index (χ0n) is 9.99. The standard InChI is InChI=1S/C13H15Cl2NOS/c14-11-6-16-7-12(15)10(11)8-18-5-4-9-2-1-3-13(9)17/h6-7,9H,1-5,8H2. The summed E-state index contributed by atoms with van der Waals surface area (Å²) in [5, 5.41) is 1.24. The van der Waals surface area contributed by atoms with E-state index in [1.807, 2.05) is 0 Å². The fraction of sp³-hybridized carbons (Fsp3) is 0.538. The molecule has 1 aromatic heterocycles. The Morgan fingerprint density at radius 3 is 2.67 bits per heavy atom. The first-order chi connectivity index (χ1) is 8.68. The van der Waals surface area contributed by atoms with E-state index in [1.165, 1.54) is 0 Å². The molecule has 2 nitrogen and oxygen atoms in total. The maximum absolute atomic E-state index is 11.5. The van der Waals surface area contributed by atoms with Crippen LogP contribution in [0.5, 0.6) is 0 Å². The highest BCUT2D eigenvalue weighted by atomic mass is 35.5. The highest BCUT2D eigenvalue weighted by Crippen LogP contribution is 2.30. The van der Waals surface area contributed by atoms with Crippen molar-refractivity contribution in [3.8, 4) is 0 Å². The lowest BCUT2D eigenvalue weighted by Crippen LogP contribution is -2.07. The van der Waals surface area contributed by atoms with E-state index in [1.54, 1.807) is 24.2 Å². The van der Waals surface area contributed by atoms with E-state index in [0.717, 1.165) is 42.8 Å². The number of halogens is 2. The fourth-order valence-electron chi connectivity index (χ4n) is 2.17. The summed E-state index contributed by atoms with van der Waals surface area (Å²) >= 11 is 13.9. The summed E-state index contributed by atoms with van der Waals surface area (Å²) in [5.74, 6) is 2.49. The molecule has 1 heterocycles.